The predicted molar refractivity (Wildman–Crippen MR) is 81.5 cm³/mol. The first kappa shape index (κ1) is 16.3. The lowest BCUT2D eigenvalue weighted by atomic mass is 9.83. The molecule has 1 fully saturated rings. The van der Waals surface area contributed by atoms with Gasteiger partial charge in [0.25, 0.3) is 0 Å². The first-order valence-electron chi connectivity index (χ1n) is 7.79. The molecule has 0 amide bonds. The van der Waals surface area contributed by atoms with E-state index < -0.39 is 5.41 Å². The predicted octanol–water partition coefficient (Wildman–Crippen LogP) is 2.08. The van der Waals surface area contributed by atoms with Crippen LogP contribution in [0.1, 0.15) is 43.6 Å². The quantitative estimate of drug-likeness (QED) is 0.720. The van der Waals surface area contributed by atoms with E-state index in [0.717, 1.165) is 5.75 Å². The number of aliphatic hydroxyl groups is 3. The summed E-state index contributed by atoms with van der Waals surface area (Å²) in [5.74, 6) is 1.34. The number of rotatable bonds is 7. The molecule has 0 radical (unpaired) electrons. The molecule has 1 aromatic rings. The molecule has 1 aliphatic rings. The Morgan fingerprint density at radius 2 is 1.57 bits per heavy atom. The molecular formula is C17H26O4. The summed E-state index contributed by atoms with van der Waals surface area (Å²) in [5, 5.41) is 28.1. The fourth-order valence-corrected chi connectivity index (χ4v) is 2.88. The molecular weight excluding hydrogens is 268 g/mol. The highest BCUT2D eigenvalue weighted by molar-refractivity contribution is 5.36. The lowest BCUT2D eigenvalue weighted by molar-refractivity contribution is -0.0261. The lowest BCUT2D eigenvalue weighted by Gasteiger charge is -2.29. The third kappa shape index (κ3) is 3.96. The Bertz CT molecular complexity index is 414. The summed E-state index contributed by atoms with van der Waals surface area (Å²) < 4.78 is 5.85. The van der Waals surface area contributed by atoms with Gasteiger partial charge in [-0.15, -0.1) is 0 Å². The van der Waals surface area contributed by atoms with Crippen molar-refractivity contribution >= 4 is 0 Å². The van der Waals surface area contributed by atoms with Crippen LogP contribution in [0.2, 0.25) is 0 Å². The fourth-order valence-electron chi connectivity index (χ4n) is 2.88. The molecule has 4 nitrogen and oxygen atoms in total. The number of hydrogen-bond acceptors (Lipinski definition) is 4. The molecule has 0 aliphatic heterocycles. The smallest absolute Gasteiger partial charge is 0.122 e. The molecule has 0 spiro atoms. The van der Waals surface area contributed by atoms with Crippen LogP contribution in [0.25, 0.3) is 0 Å². The highest BCUT2D eigenvalue weighted by atomic mass is 16.5. The molecule has 0 aromatic heterocycles. The van der Waals surface area contributed by atoms with E-state index in [9.17, 15) is 15.3 Å². The molecule has 2 rings (SSSR count). The van der Waals surface area contributed by atoms with Gasteiger partial charge >= 0.3 is 0 Å². The van der Waals surface area contributed by atoms with E-state index in [4.69, 9.17) is 4.74 Å². The molecule has 0 heterocycles. The molecule has 1 aliphatic carbocycles. The highest BCUT2D eigenvalue weighted by Crippen LogP contribution is 2.37. The van der Waals surface area contributed by atoms with Crippen LogP contribution in [0.5, 0.6) is 5.75 Å². The van der Waals surface area contributed by atoms with Crippen molar-refractivity contribution in [2.24, 2.45) is 5.41 Å². The largest absolute Gasteiger partial charge is 0.492 e. The van der Waals surface area contributed by atoms with Crippen molar-refractivity contribution in [3.8, 4) is 5.75 Å². The zero-order valence-electron chi connectivity index (χ0n) is 12.5. The molecule has 118 valence electrons. The minimum atomic E-state index is -0.986. The summed E-state index contributed by atoms with van der Waals surface area (Å²) in [6, 6.07) is 7.99. The average Bonchev–Trinajstić information content (AvgIpc) is 2.58. The van der Waals surface area contributed by atoms with Gasteiger partial charge in [0, 0.05) is 0 Å². The van der Waals surface area contributed by atoms with Crippen LogP contribution < -0.4 is 4.74 Å². The minimum Gasteiger partial charge on any atom is -0.492 e. The van der Waals surface area contributed by atoms with Gasteiger partial charge in [-0.05, 0) is 30.4 Å². The number of aliphatic hydroxyl groups excluding tert-OH is 3. The standard InChI is InChI=1S/C17H26O4/c18-10-17(11-19,12-20)13-21-16-9-5-4-8-15(16)14-6-2-1-3-7-14/h4-5,8-9,14,18-20H,1-3,6-7,10-13H2. The molecule has 0 atom stereocenters. The second-order valence-corrected chi connectivity index (χ2v) is 6.14. The van der Waals surface area contributed by atoms with Crippen LogP contribution in [0, 0.1) is 5.41 Å². The van der Waals surface area contributed by atoms with E-state index in [2.05, 4.69) is 6.07 Å². The summed E-state index contributed by atoms with van der Waals surface area (Å²) >= 11 is 0. The second kappa shape index (κ2) is 7.78. The van der Waals surface area contributed by atoms with Gasteiger partial charge in [-0.25, -0.2) is 0 Å². The van der Waals surface area contributed by atoms with Crippen molar-refractivity contribution in [3.63, 3.8) is 0 Å². The highest BCUT2D eigenvalue weighted by Gasteiger charge is 2.30. The Balaban J connectivity index is 2.09. The van der Waals surface area contributed by atoms with Gasteiger partial charge in [0.05, 0.1) is 25.2 Å². The Labute approximate surface area is 126 Å². The van der Waals surface area contributed by atoms with Crippen LogP contribution in [0.4, 0.5) is 0 Å². The van der Waals surface area contributed by atoms with E-state index >= 15 is 0 Å². The van der Waals surface area contributed by atoms with E-state index in [0.29, 0.717) is 5.92 Å². The summed E-state index contributed by atoms with van der Waals surface area (Å²) in [7, 11) is 0. The Morgan fingerprint density at radius 3 is 2.19 bits per heavy atom. The molecule has 0 unspecified atom stereocenters. The Hall–Kier alpha value is -1.10. The van der Waals surface area contributed by atoms with Crippen LogP contribution in [0.15, 0.2) is 24.3 Å². The summed E-state index contributed by atoms with van der Waals surface area (Å²) in [4.78, 5) is 0. The van der Waals surface area contributed by atoms with Crippen molar-refractivity contribution in [1.29, 1.82) is 0 Å². The molecule has 0 saturated heterocycles. The van der Waals surface area contributed by atoms with Crippen molar-refractivity contribution in [2.75, 3.05) is 26.4 Å². The van der Waals surface area contributed by atoms with Crippen molar-refractivity contribution in [1.82, 2.24) is 0 Å². The monoisotopic (exact) mass is 294 g/mol. The van der Waals surface area contributed by atoms with Crippen LogP contribution in [-0.2, 0) is 0 Å². The van der Waals surface area contributed by atoms with E-state index in [1.54, 1.807) is 0 Å². The topological polar surface area (TPSA) is 69.9 Å². The van der Waals surface area contributed by atoms with Gasteiger partial charge in [-0.2, -0.15) is 0 Å². The molecule has 0 bridgehead atoms. The first-order valence-corrected chi connectivity index (χ1v) is 7.79. The summed E-state index contributed by atoms with van der Waals surface area (Å²) in [6.45, 7) is -0.789. The minimum absolute atomic E-state index is 0.111. The Morgan fingerprint density at radius 1 is 0.952 bits per heavy atom. The number of benzene rings is 1. The number of ether oxygens (including phenoxy) is 1. The average molecular weight is 294 g/mol. The van der Waals surface area contributed by atoms with Crippen LogP contribution in [0.3, 0.4) is 0 Å². The summed E-state index contributed by atoms with van der Waals surface area (Å²) in [5.41, 5.74) is 0.222. The zero-order chi connectivity index (χ0) is 15.1. The first-order chi connectivity index (χ1) is 10.2. The number of hydrogen-bond donors (Lipinski definition) is 3. The van der Waals surface area contributed by atoms with Crippen molar-refractivity contribution < 1.29 is 20.1 Å². The van der Waals surface area contributed by atoms with Gasteiger partial charge in [-0.1, -0.05) is 37.5 Å². The van der Waals surface area contributed by atoms with Gasteiger partial charge in [0.1, 0.15) is 12.4 Å². The third-order valence-corrected chi connectivity index (χ3v) is 4.50. The van der Waals surface area contributed by atoms with Gasteiger partial charge in [-0.3, -0.25) is 0 Å². The van der Waals surface area contributed by atoms with Crippen LogP contribution in [-0.4, -0.2) is 41.7 Å². The Kier molecular flexibility index (Phi) is 6.03. The fraction of sp³-hybridized carbons (Fsp3) is 0.647. The van der Waals surface area contributed by atoms with E-state index in [1.165, 1.54) is 37.7 Å². The van der Waals surface area contributed by atoms with E-state index in [1.807, 2.05) is 18.2 Å². The maximum Gasteiger partial charge on any atom is 0.122 e. The van der Waals surface area contributed by atoms with Gasteiger partial charge < -0.3 is 20.1 Å². The van der Waals surface area contributed by atoms with Crippen molar-refractivity contribution in [3.05, 3.63) is 29.8 Å². The van der Waals surface area contributed by atoms with Gasteiger partial charge in [0.2, 0.25) is 0 Å². The number of para-hydroxylation sites is 1. The van der Waals surface area contributed by atoms with Gasteiger partial charge in [0.15, 0.2) is 0 Å². The molecule has 21 heavy (non-hydrogen) atoms. The molecule has 3 N–H and O–H groups in total. The summed E-state index contributed by atoms with van der Waals surface area (Å²) in [6.07, 6.45) is 6.19. The van der Waals surface area contributed by atoms with E-state index in [-0.39, 0.29) is 26.4 Å². The maximum absolute atomic E-state index is 9.37. The zero-order valence-corrected chi connectivity index (χ0v) is 12.5. The lowest BCUT2D eigenvalue weighted by Crippen LogP contribution is -2.40. The second-order valence-electron chi connectivity index (χ2n) is 6.14. The SMILES string of the molecule is OCC(CO)(CO)COc1ccccc1C1CCCCC1. The van der Waals surface area contributed by atoms with Crippen molar-refractivity contribution in [2.45, 2.75) is 38.0 Å². The molecule has 1 saturated carbocycles. The third-order valence-electron chi connectivity index (χ3n) is 4.50. The maximum atomic E-state index is 9.37. The van der Waals surface area contributed by atoms with Crippen LogP contribution >= 0.6 is 0 Å². The normalized spacial score (nSPS) is 16.9. The molecule has 1 aromatic carbocycles. The molecule has 4 heteroatoms.